The van der Waals surface area contributed by atoms with Gasteiger partial charge in [-0.25, -0.2) is 0 Å². The minimum Gasteiger partial charge on any atom is -0.417 e. The van der Waals surface area contributed by atoms with Gasteiger partial charge in [0.05, 0.1) is 12.2 Å². The molecule has 2 unspecified atom stereocenters. The number of alkyl halides is 3. The number of methoxy groups -OCH3 is 1. The van der Waals surface area contributed by atoms with Crippen LogP contribution < -0.4 is 0 Å². The molecule has 32 heavy (non-hydrogen) atoms. The number of aliphatic hydroxyl groups is 1. The highest BCUT2D eigenvalue weighted by Gasteiger charge is 2.52. The zero-order valence-electron chi connectivity index (χ0n) is 19.8. The Morgan fingerprint density at radius 3 is 2.19 bits per heavy atom. The highest BCUT2D eigenvalue weighted by atomic mass is 28.4. The molecule has 0 spiro atoms. The van der Waals surface area contributed by atoms with Crippen molar-refractivity contribution in [2.24, 2.45) is 0 Å². The topological polar surface area (TPSA) is 47.9 Å². The van der Waals surface area contributed by atoms with Crippen LogP contribution in [0.15, 0.2) is 48.1 Å². The Kier molecular flexibility index (Phi) is 8.56. The lowest BCUT2D eigenvalue weighted by atomic mass is 9.80. The molecule has 4 nitrogen and oxygen atoms in total. The maximum absolute atomic E-state index is 14.3. The fraction of sp³-hybridized carbons (Fsp3) is 0.583. The van der Waals surface area contributed by atoms with Gasteiger partial charge in [-0.05, 0) is 41.8 Å². The number of aliphatic hydroxyl groups excluding tert-OH is 1. The molecule has 0 aliphatic heterocycles. The van der Waals surface area contributed by atoms with E-state index in [2.05, 4.69) is 33.9 Å². The number of hydrogen-bond acceptors (Lipinski definition) is 4. The molecule has 2 atom stereocenters. The van der Waals surface area contributed by atoms with Crippen molar-refractivity contribution < 1.29 is 32.2 Å². The van der Waals surface area contributed by atoms with Crippen LogP contribution in [0, 0.1) is 0 Å². The van der Waals surface area contributed by atoms with Gasteiger partial charge in [-0.15, -0.1) is 0 Å². The monoisotopic (exact) mass is 472 g/mol. The predicted molar refractivity (Wildman–Crippen MR) is 123 cm³/mol. The number of benzene rings is 1. The van der Waals surface area contributed by atoms with Crippen molar-refractivity contribution >= 4 is 13.9 Å². The van der Waals surface area contributed by atoms with Gasteiger partial charge in [0.25, 0.3) is 0 Å². The molecule has 0 saturated carbocycles. The summed E-state index contributed by atoms with van der Waals surface area (Å²) in [6, 6.07) is 8.35. The van der Waals surface area contributed by atoms with Crippen molar-refractivity contribution in [1.82, 2.24) is 0 Å². The smallest absolute Gasteiger partial charge is 0.415 e. The van der Waals surface area contributed by atoms with Gasteiger partial charge < -0.3 is 19.0 Å². The highest BCUT2D eigenvalue weighted by molar-refractivity contribution is 6.74. The summed E-state index contributed by atoms with van der Waals surface area (Å²) < 4.78 is 60.1. The average Bonchev–Trinajstić information content (AvgIpc) is 2.72. The molecule has 0 heterocycles. The van der Waals surface area contributed by atoms with Crippen LogP contribution in [0.2, 0.25) is 18.1 Å². The first-order chi connectivity index (χ1) is 14.8. The Bertz CT molecular complexity index is 807. The quantitative estimate of drug-likeness (QED) is 0.367. The predicted octanol–water partition coefficient (Wildman–Crippen LogP) is 5.75. The Balaban J connectivity index is 2.29. The van der Waals surface area contributed by atoms with Crippen molar-refractivity contribution in [2.45, 2.75) is 63.2 Å². The van der Waals surface area contributed by atoms with E-state index in [0.29, 0.717) is 18.6 Å². The molecule has 8 heteroatoms. The fourth-order valence-corrected chi connectivity index (χ4v) is 4.45. The number of halogens is 3. The van der Waals surface area contributed by atoms with E-state index in [1.807, 2.05) is 0 Å². The Hall–Kier alpha value is -1.45. The second-order valence-corrected chi connectivity index (χ2v) is 14.4. The number of allylic oxidation sites excluding steroid dienone is 2. The second-order valence-electron chi connectivity index (χ2n) is 9.55. The van der Waals surface area contributed by atoms with Gasteiger partial charge in [-0.2, -0.15) is 13.2 Å². The van der Waals surface area contributed by atoms with Crippen molar-refractivity contribution in [1.29, 1.82) is 0 Å². The number of ether oxygens (including phenoxy) is 2. The van der Waals surface area contributed by atoms with E-state index in [9.17, 15) is 18.3 Å². The van der Waals surface area contributed by atoms with Crippen LogP contribution in [-0.2, 0) is 13.9 Å². The minimum atomic E-state index is -4.67. The summed E-state index contributed by atoms with van der Waals surface area (Å²) in [6.07, 6.45) is -2.92. The molecule has 1 N–H and O–H groups in total. The maximum Gasteiger partial charge on any atom is 0.415 e. The summed E-state index contributed by atoms with van der Waals surface area (Å²) in [7, 11) is -0.679. The van der Waals surface area contributed by atoms with E-state index in [1.54, 1.807) is 30.3 Å². The standard InChI is InChI=1S/C24H35F3O4Si/c1-22(2,3)32(5,6)31-16-10-15-30-21-20(24(25,26)27)19(18-11-8-7-9-12-18)13-14-23(21,17-28)29-4/h7-9,11-14,21,28H,10,15-17H2,1-6H3. The van der Waals surface area contributed by atoms with Crippen LogP contribution >= 0.6 is 0 Å². The molecule has 0 fully saturated rings. The zero-order chi connectivity index (χ0) is 24.2. The average molecular weight is 473 g/mol. The summed E-state index contributed by atoms with van der Waals surface area (Å²) in [6.45, 7) is 10.4. The molecule has 1 aliphatic carbocycles. The van der Waals surface area contributed by atoms with E-state index < -0.39 is 38.4 Å². The molecule has 180 valence electrons. The summed E-state index contributed by atoms with van der Waals surface area (Å²) >= 11 is 0. The SMILES string of the molecule is COC1(CO)C=CC(c2ccccc2)=C(C(F)(F)F)C1OCCCO[Si](C)(C)C(C)(C)C. The largest absolute Gasteiger partial charge is 0.417 e. The van der Waals surface area contributed by atoms with Crippen molar-refractivity contribution in [3.8, 4) is 0 Å². The van der Waals surface area contributed by atoms with Crippen molar-refractivity contribution in [2.75, 3.05) is 26.9 Å². The van der Waals surface area contributed by atoms with Crippen molar-refractivity contribution in [3.05, 3.63) is 53.6 Å². The van der Waals surface area contributed by atoms with Crippen LogP contribution in [0.25, 0.3) is 5.57 Å². The first kappa shape index (κ1) is 26.8. The third-order valence-corrected chi connectivity index (χ3v) is 10.9. The van der Waals surface area contributed by atoms with E-state index in [1.165, 1.54) is 19.3 Å². The number of hydrogen-bond donors (Lipinski definition) is 1. The van der Waals surface area contributed by atoms with E-state index in [4.69, 9.17) is 13.9 Å². The Morgan fingerprint density at radius 1 is 1.06 bits per heavy atom. The van der Waals surface area contributed by atoms with Crippen LogP contribution in [0.3, 0.4) is 0 Å². The molecular weight excluding hydrogens is 437 g/mol. The second kappa shape index (κ2) is 10.2. The van der Waals surface area contributed by atoms with Gasteiger partial charge in [0, 0.05) is 20.3 Å². The lowest BCUT2D eigenvalue weighted by Gasteiger charge is -2.41. The molecule has 1 aromatic rings. The summed E-state index contributed by atoms with van der Waals surface area (Å²) in [5, 5.41) is 10.0. The third-order valence-electron chi connectivity index (χ3n) is 6.39. The normalized spacial score (nSPS) is 22.5. The third kappa shape index (κ3) is 5.91. The minimum absolute atomic E-state index is 0.0155. The van der Waals surface area contributed by atoms with Gasteiger partial charge in [-0.3, -0.25) is 0 Å². The van der Waals surface area contributed by atoms with Crippen LogP contribution in [-0.4, -0.2) is 58.2 Å². The first-order valence-corrected chi connectivity index (χ1v) is 13.7. The molecule has 0 amide bonds. The molecule has 0 saturated heterocycles. The highest BCUT2D eigenvalue weighted by Crippen LogP contribution is 2.44. The molecule has 0 bridgehead atoms. The van der Waals surface area contributed by atoms with Crippen LogP contribution in [0.4, 0.5) is 13.2 Å². The molecule has 1 aromatic carbocycles. The summed E-state index contributed by atoms with van der Waals surface area (Å²) in [4.78, 5) is 0. The van der Waals surface area contributed by atoms with Crippen molar-refractivity contribution in [3.63, 3.8) is 0 Å². The summed E-state index contributed by atoms with van der Waals surface area (Å²) in [5.74, 6) is 0. The molecule has 1 aliphatic rings. The fourth-order valence-electron chi connectivity index (χ4n) is 3.36. The first-order valence-electron chi connectivity index (χ1n) is 10.8. The van der Waals surface area contributed by atoms with Crippen LogP contribution in [0.5, 0.6) is 0 Å². The van der Waals surface area contributed by atoms with Gasteiger partial charge >= 0.3 is 6.18 Å². The Labute approximate surface area is 190 Å². The van der Waals surface area contributed by atoms with E-state index >= 15 is 0 Å². The van der Waals surface area contributed by atoms with E-state index in [-0.39, 0.29) is 17.2 Å². The van der Waals surface area contributed by atoms with Gasteiger partial charge in [0.15, 0.2) is 8.32 Å². The lowest BCUT2D eigenvalue weighted by molar-refractivity contribution is -0.154. The lowest BCUT2D eigenvalue weighted by Crippen LogP contribution is -2.52. The van der Waals surface area contributed by atoms with Crippen LogP contribution in [0.1, 0.15) is 32.8 Å². The van der Waals surface area contributed by atoms with Gasteiger partial charge in [0.2, 0.25) is 0 Å². The molecule has 2 rings (SSSR count). The summed E-state index contributed by atoms with van der Waals surface area (Å²) in [5.41, 5.74) is -2.04. The molecular formula is C24H35F3O4Si. The van der Waals surface area contributed by atoms with Gasteiger partial charge in [0.1, 0.15) is 11.7 Å². The van der Waals surface area contributed by atoms with E-state index in [0.717, 1.165) is 0 Å². The maximum atomic E-state index is 14.3. The van der Waals surface area contributed by atoms with Gasteiger partial charge in [-0.1, -0.05) is 57.2 Å². The number of rotatable bonds is 9. The molecule has 0 radical (unpaired) electrons. The molecule has 0 aromatic heterocycles. The zero-order valence-corrected chi connectivity index (χ0v) is 20.8. The Morgan fingerprint density at radius 2 is 1.69 bits per heavy atom.